The van der Waals surface area contributed by atoms with Crippen LogP contribution >= 0.6 is 11.5 Å². The molecule has 0 spiro atoms. The van der Waals surface area contributed by atoms with Gasteiger partial charge in [-0.15, -0.1) is 0 Å². The molecule has 1 saturated heterocycles. The third-order valence-corrected chi connectivity index (χ3v) is 5.73. The number of urea groups is 1. The lowest BCUT2D eigenvalue weighted by molar-refractivity contribution is 0.213. The molecule has 28 heavy (non-hydrogen) atoms. The molecule has 2 heterocycles. The van der Waals surface area contributed by atoms with E-state index in [2.05, 4.69) is 14.7 Å². The number of hydrogen-bond donors (Lipinski definition) is 1. The van der Waals surface area contributed by atoms with E-state index in [1.807, 2.05) is 0 Å². The van der Waals surface area contributed by atoms with Crippen molar-refractivity contribution in [2.75, 3.05) is 37.4 Å². The zero-order valence-corrected chi connectivity index (χ0v) is 17.2. The number of carbonyl (C=O) groups is 1. The Kier molecular flexibility index (Phi) is 6.43. The van der Waals surface area contributed by atoms with Gasteiger partial charge in [0.1, 0.15) is 17.5 Å². The van der Waals surface area contributed by atoms with Gasteiger partial charge in [0.25, 0.3) is 0 Å². The normalized spacial score (nSPS) is 17.3. The molecular weight excluding hydrogens is 384 g/mol. The molecule has 0 saturated carbocycles. The minimum atomic E-state index is -0.505. The van der Waals surface area contributed by atoms with Crippen molar-refractivity contribution in [1.82, 2.24) is 14.3 Å². The van der Waals surface area contributed by atoms with Crippen LogP contribution in [0.2, 0.25) is 0 Å². The van der Waals surface area contributed by atoms with Gasteiger partial charge in [0.2, 0.25) is 5.13 Å². The number of amides is 2. The summed E-state index contributed by atoms with van der Waals surface area (Å²) >= 11 is 1.15. The Morgan fingerprint density at radius 2 is 2.00 bits per heavy atom. The number of aryl methyl sites for hydroxylation is 1. The van der Waals surface area contributed by atoms with E-state index in [0.29, 0.717) is 42.6 Å². The van der Waals surface area contributed by atoms with Crippen molar-refractivity contribution in [2.24, 2.45) is 5.92 Å². The third-order valence-electron chi connectivity index (χ3n) is 5.01. The number of aromatic nitrogens is 2. The van der Waals surface area contributed by atoms with Crippen LogP contribution in [0.5, 0.6) is 0 Å². The number of nitrogens with one attached hydrogen (secondary N) is 1. The van der Waals surface area contributed by atoms with Crippen LogP contribution in [0.15, 0.2) is 12.1 Å². The number of carbonyl (C=O) groups excluding carboxylic acids is 1. The molecule has 2 aromatic rings. The summed E-state index contributed by atoms with van der Waals surface area (Å²) in [5.41, 5.74) is 0.646. The summed E-state index contributed by atoms with van der Waals surface area (Å²) in [7, 11) is 3.50. The van der Waals surface area contributed by atoms with E-state index in [1.54, 1.807) is 30.8 Å². The highest BCUT2D eigenvalue weighted by atomic mass is 32.1. The van der Waals surface area contributed by atoms with E-state index in [9.17, 15) is 13.6 Å². The van der Waals surface area contributed by atoms with Crippen LogP contribution in [0, 0.1) is 24.5 Å². The zero-order chi connectivity index (χ0) is 20.3. The van der Waals surface area contributed by atoms with Gasteiger partial charge in [0, 0.05) is 50.0 Å². The first kappa shape index (κ1) is 20.4. The number of benzene rings is 1. The predicted octanol–water partition coefficient (Wildman–Crippen LogP) is 4.07. The maximum Gasteiger partial charge on any atom is 0.323 e. The molecule has 1 aliphatic rings. The van der Waals surface area contributed by atoms with Crippen molar-refractivity contribution >= 4 is 28.4 Å². The maximum atomic E-state index is 14.4. The molecule has 9 heteroatoms. The molecule has 1 unspecified atom stereocenters. The average Bonchev–Trinajstić information content (AvgIpc) is 2.90. The SMILES string of the molecule is Cc1nsc(NC(=O)N2CCCC(Cc3c(F)cc(N(C)C)cc3F)CC2)n1. The molecule has 1 N–H and O–H groups in total. The minimum absolute atomic E-state index is 0.135. The smallest absolute Gasteiger partial charge is 0.323 e. The third kappa shape index (κ3) is 4.95. The van der Waals surface area contributed by atoms with Crippen molar-refractivity contribution in [3.8, 4) is 0 Å². The van der Waals surface area contributed by atoms with Crippen molar-refractivity contribution in [1.29, 1.82) is 0 Å². The lowest BCUT2D eigenvalue weighted by atomic mass is 9.92. The molecule has 2 amide bonds. The van der Waals surface area contributed by atoms with Crippen molar-refractivity contribution in [2.45, 2.75) is 32.6 Å². The van der Waals surface area contributed by atoms with Crippen LogP contribution in [0.4, 0.5) is 24.4 Å². The lowest BCUT2D eigenvalue weighted by Gasteiger charge is -2.20. The van der Waals surface area contributed by atoms with Crippen molar-refractivity contribution in [3.63, 3.8) is 0 Å². The summed E-state index contributed by atoms with van der Waals surface area (Å²) < 4.78 is 32.9. The van der Waals surface area contributed by atoms with Crippen LogP contribution in [-0.4, -0.2) is 47.5 Å². The molecule has 3 rings (SSSR count). The topological polar surface area (TPSA) is 61.4 Å². The molecule has 0 radical (unpaired) electrons. The van der Waals surface area contributed by atoms with Crippen molar-refractivity contribution in [3.05, 3.63) is 35.2 Å². The van der Waals surface area contributed by atoms with Crippen LogP contribution in [0.3, 0.4) is 0 Å². The van der Waals surface area contributed by atoms with Gasteiger partial charge in [0.05, 0.1) is 0 Å². The van der Waals surface area contributed by atoms with Gasteiger partial charge in [-0.25, -0.2) is 18.6 Å². The lowest BCUT2D eigenvalue weighted by Crippen LogP contribution is -2.35. The van der Waals surface area contributed by atoms with E-state index in [0.717, 1.165) is 24.4 Å². The summed E-state index contributed by atoms with van der Waals surface area (Å²) in [5.74, 6) is -0.250. The monoisotopic (exact) mass is 409 g/mol. The van der Waals surface area contributed by atoms with E-state index in [1.165, 1.54) is 12.1 Å². The number of nitrogens with zero attached hydrogens (tertiary/aromatic N) is 4. The fraction of sp³-hybridized carbons (Fsp3) is 0.526. The first-order valence-electron chi connectivity index (χ1n) is 9.35. The molecular formula is C19H25F2N5OS. The number of rotatable bonds is 4. The second-order valence-corrected chi connectivity index (χ2v) is 8.10. The summed E-state index contributed by atoms with van der Waals surface area (Å²) in [5, 5.41) is 3.25. The van der Waals surface area contributed by atoms with Crippen LogP contribution < -0.4 is 10.2 Å². The summed E-state index contributed by atoms with van der Waals surface area (Å²) in [6.07, 6.45) is 2.68. The van der Waals surface area contributed by atoms with Crippen molar-refractivity contribution < 1.29 is 13.6 Å². The Balaban J connectivity index is 1.60. The maximum absolute atomic E-state index is 14.4. The van der Waals surface area contributed by atoms with Gasteiger partial charge in [-0.05, 0) is 50.7 Å². The summed E-state index contributed by atoms with van der Waals surface area (Å²) in [6, 6.07) is 2.54. The Morgan fingerprint density at radius 1 is 1.29 bits per heavy atom. The molecule has 1 aromatic heterocycles. The van der Waals surface area contributed by atoms with Gasteiger partial charge in [-0.2, -0.15) is 4.37 Å². The average molecular weight is 410 g/mol. The Labute approximate surface area is 167 Å². The predicted molar refractivity (Wildman–Crippen MR) is 107 cm³/mol. The Morgan fingerprint density at radius 3 is 2.61 bits per heavy atom. The molecule has 152 valence electrons. The highest BCUT2D eigenvalue weighted by Crippen LogP contribution is 2.27. The van der Waals surface area contributed by atoms with Gasteiger partial charge in [-0.1, -0.05) is 0 Å². The first-order valence-corrected chi connectivity index (χ1v) is 10.1. The van der Waals surface area contributed by atoms with Gasteiger partial charge >= 0.3 is 6.03 Å². The van der Waals surface area contributed by atoms with Crippen LogP contribution in [0.25, 0.3) is 0 Å². The van der Waals surface area contributed by atoms with Crippen LogP contribution in [-0.2, 0) is 6.42 Å². The fourth-order valence-electron chi connectivity index (χ4n) is 3.42. The second-order valence-electron chi connectivity index (χ2n) is 7.35. The molecule has 1 atom stereocenters. The molecule has 0 aliphatic carbocycles. The highest BCUT2D eigenvalue weighted by molar-refractivity contribution is 7.09. The zero-order valence-electron chi connectivity index (χ0n) is 16.3. The quantitative estimate of drug-likeness (QED) is 0.827. The molecule has 1 aromatic carbocycles. The number of halogens is 2. The number of anilines is 2. The van der Waals surface area contributed by atoms with E-state index >= 15 is 0 Å². The van der Waals surface area contributed by atoms with E-state index in [4.69, 9.17) is 0 Å². The summed E-state index contributed by atoms with van der Waals surface area (Å²) in [6.45, 7) is 2.93. The van der Waals surface area contributed by atoms with Gasteiger partial charge in [0.15, 0.2) is 0 Å². The Hall–Kier alpha value is -2.29. The second kappa shape index (κ2) is 8.81. The van der Waals surface area contributed by atoms with Crippen LogP contribution in [0.1, 0.15) is 30.7 Å². The standard InChI is InChI=1S/C19H25F2N5OS/c1-12-22-18(28-24-12)23-19(27)26-7-4-5-13(6-8-26)9-15-16(20)10-14(25(2)3)11-17(15)21/h10-11,13H,4-9H2,1-3H3,(H,22,23,24,27). The van der Waals surface area contributed by atoms with Gasteiger partial charge in [-0.3, -0.25) is 5.32 Å². The molecule has 0 bridgehead atoms. The highest BCUT2D eigenvalue weighted by Gasteiger charge is 2.24. The summed E-state index contributed by atoms with van der Waals surface area (Å²) in [4.78, 5) is 20.0. The molecule has 1 fully saturated rings. The van der Waals surface area contributed by atoms with E-state index in [-0.39, 0.29) is 17.5 Å². The number of likely N-dealkylation sites (tertiary alicyclic amines) is 1. The minimum Gasteiger partial charge on any atom is -0.377 e. The largest absolute Gasteiger partial charge is 0.377 e. The van der Waals surface area contributed by atoms with E-state index < -0.39 is 11.6 Å². The Bertz CT molecular complexity index is 818. The first-order chi connectivity index (χ1) is 13.3. The molecule has 6 nitrogen and oxygen atoms in total. The molecule has 1 aliphatic heterocycles. The fourth-order valence-corrected chi connectivity index (χ4v) is 3.99. The van der Waals surface area contributed by atoms with Gasteiger partial charge < -0.3 is 9.80 Å². The number of hydrogen-bond acceptors (Lipinski definition) is 5.